The SMILES string of the molecule is CC1Cc2cc(S(=O)(=O)N3CCN(c4ccc(C5CC5)nn4)CC3)ccc2N1C(=O)C(F)(F)F. The van der Waals surface area contributed by atoms with Gasteiger partial charge in [-0.3, -0.25) is 4.79 Å². The third-order valence-electron chi connectivity index (χ3n) is 6.60. The molecule has 3 heterocycles. The van der Waals surface area contributed by atoms with Gasteiger partial charge in [0.05, 0.1) is 10.6 Å². The molecule has 12 heteroatoms. The highest BCUT2D eigenvalue weighted by Gasteiger charge is 2.47. The molecular formula is C22H24F3N5O3S. The number of alkyl halides is 3. The summed E-state index contributed by atoms with van der Waals surface area (Å²) >= 11 is 0. The number of anilines is 2. The molecule has 0 radical (unpaired) electrons. The van der Waals surface area contributed by atoms with Crippen LogP contribution in [-0.2, 0) is 21.2 Å². The Kier molecular flexibility index (Phi) is 5.55. The van der Waals surface area contributed by atoms with Gasteiger partial charge >= 0.3 is 12.1 Å². The van der Waals surface area contributed by atoms with Gasteiger partial charge in [-0.1, -0.05) is 0 Å². The Morgan fingerprint density at radius 3 is 2.32 bits per heavy atom. The Morgan fingerprint density at radius 1 is 1.03 bits per heavy atom. The summed E-state index contributed by atoms with van der Waals surface area (Å²) in [5.74, 6) is -0.723. The van der Waals surface area contributed by atoms with Crippen LogP contribution in [0.25, 0.3) is 0 Å². The van der Waals surface area contributed by atoms with Crippen LogP contribution in [0.15, 0.2) is 35.2 Å². The molecule has 1 aromatic heterocycles. The van der Waals surface area contributed by atoms with E-state index in [-0.39, 0.29) is 30.1 Å². The number of hydrogen-bond acceptors (Lipinski definition) is 6. The Labute approximate surface area is 195 Å². The zero-order chi connectivity index (χ0) is 24.3. The highest BCUT2D eigenvalue weighted by molar-refractivity contribution is 7.89. The van der Waals surface area contributed by atoms with E-state index in [0.29, 0.717) is 35.3 Å². The molecule has 3 aliphatic rings. The standard InChI is InChI=1S/C22H24F3N5O3S/c1-14-12-16-13-17(4-6-19(16)30(14)21(31)22(23,24)25)34(32,33)29-10-8-28(9-11-29)20-7-5-18(26-27-20)15-2-3-15/h4-7,13-15H,2-3,8-12H2,1H3. The van der Waals surface area contributed by atoms with Crippen molar-refractivity contribution in [3.63, 3.8) is 0 Å². The van der Waals surface area contributed by atoms with E-state index in [1.54, 1.807) is 0 Å². The van der Waals surface area contributed by atoms with Crippen LogP contribution in [-0.4, -0.2) is 67.2 Å². The molecule has 5 rings (SSSR count). The number of carbonyl (C=O) groups is 1. The van der Waals surface area contributed by atoms with Crippen LogP contribution in [0.4, 0.5) is 24.7 Å². The predicted octanol–water partition coefficient (Wildman–Crippen LogP) is 2.70. The van der Waals surface area contributed by atoms with Gasteiger partial charge in [0, 0.05) is 43.8 Å². The van der Waals surface area contributed by atoms with Gasteiger partial charge in [0.2, 0.25) is 10.0 Å². The van der Waals surface area contributed by atoms with Gasteiger partial charge in [-0.05, 0) is 62.1 Å². The Balaban J connectivity index is 1.29. The Morgan fingerprint density at radius 2 is 1.74 bits per heavy atom. The number of fused-ring (bicyclic) bond motifs is 1. The first-order valence-corrected chi connectivity index (χ1v) is 12.6. The summed E-state index contributed by atoms with van der Waals surface area (Å²) in [6.07, 6.45) is -2.56. The van der Waals surface area contributed by atoms with Crippen LogP contribution < -0.4 is 9.80 Å². The molecule has 1 unspecified atom stereocenters. The number of carbonyl (C=O) groups excluding carboxylic acids is 1. The van der Waals surface area contributed by atoms with E-state index in [1.807, 2.05) is 17.0 Å². The van der Waals surface area contributed by atoms with Gasteiger partial charge in [-0.2, -0.15) is 22.6 Å². The molecule has 2 aromatic rings. The molecule has 1 aromatic carbocycles. The quantitative estimate of drug-likeness (QED) is 0.649. The minimum absolute atomic E-state index is 0.0155. The summed E-state index contributed by atoms with van der Waals surface area (Å²) in [5, 5.41) is 8.57. The van der Waals surface area contributed by atoms with E-state index in [0.717, 1.165) is 18.5 Å². The average molecular weight is 496 g/mol. The van der Waals surface area contributed by atoms with Crippen molar-refractivity contribution in [3.05, 3.63) is 41.6 Å². The van der Waals surface area contributed by atoms with Crippen LogP contribution in [0.1, 0.15) is 36.9 Å². The van der Waals surface area contributed by atoms with Gasteiger partial charge in [0.1, 0.15) is 0 Å². The van der Waals surface area contributed by atoms with Crippen molar-refractivity contribution in [2.75, 3.05) is 36.0 Å². The van der Waals surface area contributed by atoms with Gasteiger partial charge < -0.3 is 9.80 Å². The lowest BCUT2D eigenvalue weighted by Gasteiger charge is -2.34. The second-order valence-corrected chi connectivity index (χ2v) is 10.9. The van der Waals surface area contributed by atoms with E-state index >= 15 is 0 Å². The summed E-state index contributed by atoms with van der Waals surface area (Å²) in [6.45, 7) is 2.91. The fraction of sp³-hybridized carbons (Fsp3) is 0.500. The topological polar surface area (TPSA) is 86.7 Å². The second-order valence-electron chi connectivity index (χ2n) is 9.00. The molecule has 0 spiro atoms. The number of hydrogen-bond donors (Lipinski definition) is 0. The number of sulfonamides is 1. The zero-order valence-corrected chi connectivity index (χ0v) is 19.3. The molecular weight excluding hydrogens is 471 g/mol. The second kappa shape index (κ2) is 8.19. The third-order valence-corrected chi connectivity index (χ3v) is 8.49. The van der Waals surface area contributed by atoms with Crippen molar-refractivity contribution in [1.29, 1.82) is 0 Å². The van der Waals surface area contributed by atoms with Crippen LogP contribution in [0, 0.1) is 0 Å². The van der Waals surface area contributed by atoms with E-state index in [9.17, 15) is 26.4 Å². The monoisotopic (exact) mass is 495 g/mol. The zero-order valence-electron chi connectivity index (χ0n) is 18.5. The lowest BCUT2D eigenvalue weighted by atomic mass is 10.1. The summed E-state index contributed by atoms with van der Waals surface area (Å²) in [7, 11) is -3.84. The van der Waals surface area contributed by atoms with Gasteiger partial charge in [0.25, 0.3) is 0 Å². The van der Waals surface area contributed by atoms with E-state index in [2.05, 4.69) is 10.2 Å². The number of halogens is 3. The molecule has 2 aliphatic heterocycles. The molecule has 1 atom stereocenters. The summed E-state index contributed by atoms with van der Waals surface area (Å²) in [6, 6.07) is 7.14. The number of aromatic nitrogens is 2. The summed E-state index contributed by atoms with van der Waals surface area (Å²) in [4.78, 5) is 14.5. The van der Waals surface area contributed by atoms with Crippen molar-refractivity contribution in [2.24, 2.45) is 0 Å². The summed E-state index contributed by atoms with van der Waals surface area (Å²) in [5.41, 5.74) is 1.51. The highest BCUT2D eigenvalue weighted by atomic mass is 32.2. The van der Waals surface area contributed by atoms with Crippen molar-refractivity contribution in [3.8, 4) is 0 Å². The maximum Gasteiger partial charge on any atom is 0.471 e. The van der Waals surface area contributed by atoms with Gasteiger partial charge in [-0.25, -0.2) is 8.42 Å². The highest BCUT2D eigenvalue weighted by Crippen LogP contribution is 2.39. The summed E-state index contributed by atoms with van der Waals surface area (Å²) < 4.78 is 66.8. The Bertz CT molecular complexity index is 1210. The molecule has 0 bridgehead atoms. The van der Waals surface area contributed by atoms with Crippen LogP contribution >= 0.6 is 0 Å². The largest absolute Gasteiger partial charge is 0.471 e. The molecule has 1 aliphatic carbocycles. The maximum absolute atomic E-state index is 13.2. The number of piperazine rings is 1. The molecule has 1 saturated carbocycles. The van der Waals surface area contributed by atoms with Crippen LogP contribution in [0.2, 0.25) is 0 Å². The van der Waals surface area contributed by atoms with Crippen LogP contribution in [0.5, 0.6) is 0 Å². The van der Waals surface area contributed by atoms with Gasteiger partial charge in [0.15, 0.2) is 5.82 Å². The first kappa shape index (κ1) is 23.0. The van der Waals surface area contributed by atoms with Gasteiger partial charge in [-0.15, -0.1) is 5.10 Å². The maximum atomic E-state index is 13.2. The number of amides is 1. The Hall–Kier alpha value is -2.73. The normalized spacial score (nSPS) is 21.6. The molecule has 2 fully saturated rings. The molecule has 1 saturated heterocycles. The molecule has 1 amide bonds. The van der Waals surface area contributed by atoms with E-state index in [1.165, 1.54) is 29.4 Å². The fourth-order valence-electron chi connectivity index (χ4n) is 4.62. The lowest BCUT2D eigenvalue weighted by molar-refractivity contribution is -0.170. The van der Waals surface area contributed by atoms with E-state index in [4.69, 9.17) is 0 Å². The number of benzene rings is 1. The fourth-order valence-corrected chi connectivity index (χ4v) is 6.09. The smallest absolute Gasteiger partial charge is 0.352 e. The number of nitrogens with zero attached hydrogens (tertiary/aromatic N) is 5. The third kappa shape index (κ3) is 4.13. The van der Waals surface area contributed by atoms with Crippen LogP contribution in [0.3, 0.4) is 0 Å². The van der Waals surface area contributed by atoms with Crippen molar-refractivity contribution in [2.45, 2.75) is 49.2 Å². The molecule has 0 N–H and O–H groups in total. The average Bonchev–Trinajstić information content (AvgIpc) is 3.60. The first-order chi connectivity index (χ1) is 16.1. The molecule has 182 valence electrons. The van der Waals surface area contributed by atoms with Crippen molar-refractivity contribution < 1.29 is 26.4 Å². The molecule has 8 nitrogen and oxygen atoms in total. The van der Waals surface area contributed by atoms with Crippen molar-refractivity contribution >= 4 is 27.4 Å². The minimum atomic E-state index is -5.00. The van der Waals surface area contributed by atoms with Crippen molar-refractivity contribution in [1.82, 2.24) is 14.5 Å². The van der Waals surface area contributed by atoms with E-state index < -0.39 is 28.1 Å². The first-order valence-electron chi connectivity index (χ1n) is 11.2. The predicted molar refractivity (Wildman–Crippen MR) is 118 cm³/mol. The minimum Gasteiger partial charge on any atom is -0.352 e. The molecule has 34 heavy (non-hydrogen) atoms. The number of rotatable bonds is 4. The lowest BCUT2D eigenvalue weighted by Crippen LogP contribution is -2.49.